The highest BCUT2D eigenvalue weighted by molar-refractivity contribution is 5.62. The van der Waals surface area contributed by atoms with Crippen molar-refractivity contribution in [2.45, 2.75) is 6.61 Å². The molecular formula is C10H11N3O2. The summed E-state index contributed by atoms with van der Waals surface area (Å²) in [7, 11) is 0. The topological polar surface area (TPSA) is 83.9 Å². The molecule has 1 aromatic heterocycles. The third-order valence-electron chi connectivity index (χ3n) is 2.14. The Bertz CT molecular complexity index is 501. The van der Waals surface area contributed by atoms with Crippen LogP contribution in [-0.4, -0.2) is 9.97 Å². The number of aromatic amines is 2. The summed E-state index contributed by atoms with van der Waals surface area (Å²) >= 11 is 0. The van der Waals surface area contributed by atoms with Crippen molar-refractivity contribution in [3.05, 3.63) is 46.5 Å². The van der Waals surface area contributed by atoms with Gasteiger partial charge in [0.2, 0.25) is 0 Å². The van der Waals surface area contributed by atoms with Gasteiger partial charge in [-0.25, -0.2) is 10.7 Å². The van der Waals surface area contributed by atoms with Crippen LogP contribution in [0.5, 0.6) is 0 Å². The number of H-pyrrole nitrogens is 2. The van der Waals surface area contributed by atoms with Crippen LogP contribution in [0.3, 0.4) is 0 Å². The average Bonchev–Trinajstić information content (AvgIpc) is 2.66. The largest absolute Gasteiger partial charge is 0.323 e. The fourth-order valence-corrected chi connectivity index (χ4v) is 1.48. The lowest BCUT2D eigenvalue weighted by Gasteiger charge is -2.05. The molecule has 0 aliphatic heterocycles. The molecule has 5 heteroatoms. The van der Waals surface area contributed by atoms with Gasteiger partial charge < -0.3 is 9.97 Å². The second-order valence-electron chi connectivity index (χ2n) is 3.12. The number of benzene rings is 1. The molecule has 0 amide bonds. The third-order valence-corrected chi connectivity index (χ3v) is 2.14. The molecule has 1 aromatic carbocycles. The van der Waals surface area contributed by atoms with Crippen molar-refractivity contribution in [1.82, 2.24) is 9.97 Å². The Labute approximate surface area is 85.9 Å². The molecule has 15 heavy (non-hydrogen) atoms. The summed E-state index contributed by atoms with van der Waals surface area (Å²) in [5.74, 6) is 5.03. The van der Waals surface area contributed by atoms with Gasteiger partial charge in [-0.2, -0.15) is 0 Å². The number of nitrogens with two attached hydrogens (primary N) is 1. The van der Waals surface area contributed by atoms with Gasteiger partial charge in [0.15, 0.2) is 0 Å². The smallest absolute Gasteiger partial charge is 0.312 e. The van der Waals surface area contributed by atoms with E-state index in [1.54, 1.807) is 6.20 Å². The number of imidazole rings is 1. The summed E-state index contributed by atoms with van der Waals surface area (Å²) in [5, 5.41) is 0. The second kappa shape index (κ2) is 4.12. The van der Waals surface area contributed by atoms with Crippen molar-refractivity contribution in [2.75, 3.05) is 0 Å². The maximum absolute atomic E-state index is 11.0. The van der Waals surface area contributed by atoms with Crippen molar-refractivity contribution in [3.8, 4) is 11.3 Å². The SMILES string of the molecule is NOCc1ccccc1-c1c[nH]c(=O)[nH]1. The number of hydrogen-bond donors (Lipinski definition) is 3. The highest BCUT2D eigenvalue weighted by atomic mass is 16.6. The van der Waals surface area contributed by atoms with Crippen molar-refractivity contribution in [3.63, 3.8) is 0 Å². The minimum Gasteiger partial charge on any atom is -0.312 e. The summed E-state index contributed by atoms with van der Waals surface area (Å²) in [6.07, 6.45) is 1.62. The quantitative estimate of drug-likeness (QED) is 0.647. The van der Waals surface area contributed by atoms with Gasteiger partial charge in [0.25, 0.3) is 0 Å². The molecule has 0 fully saturated rings. The fourth-order valence-electron chi connectivity index (χ4n) is 1.48. The standard InChI is InChI=1S/C10H11N3O2/c11-15-6-7-3-1-2-4-8(7)9-5-12-10(14)13-9/h1-5H,6,11H2,(H2,12,13,14). The first-order valence-electron chi connectivity index (χ1n) is 4.49. The van der Waals surface area contributed by atoms with Crippen LogP contribution in [0, 0.1) is 0 Å². The van der Waals surface area contributed by atoms with Gasteiger partial charge >= 0.3 is 5.69 Å². The first kappa shape index (κ1) is 9.70. The number of hydrogen-bond acceptors (Lipinski definition) is 3. The van der Waals surface area contributed by atoms with E-state index in [0.29, 0.717) is 6.61 Å². The van der Waals surface area contributed by atoms with Crippen molar-refractivity contribution in [2.24, 2.45) is 5.90 Å². The summed E-state index contributed by atoms with van der Waals surface area (Å²) in [4.78, 5) is 20.8. The lowest BCUT2D eigenvalue weighted by molar-refractivity contribution is 0.124. The monoisotopic (exact) mass is 205 g/mol. The Morgan fingerprint density at radius 3 is 2.80 bits per heavy atom. The van der Waals surface area contributed by atoms with Crippen LogP contribution in [0.15, 0.2) is 35.3 Å². The van der Waals surface area contributed by atoms with Gasteiger partial charge in [-0.05, 0) is 5.56 Å². The first-order chi connectivity index (χ1) is 7.31. The molecule has 0 saturated carbocycles. The molecule has 0 radical (unpaired) electrons. The zero-order chi connectivity index (χ0) is 10.7. The minimum atomic E-state index is -0.228. The van der Waals surface area contributed by atoms with E-state index in [1.807, 2.05) is 24.3 Å². The predicted molar refractivity (Wildman–Crippen MR) is 55.8 cm³/mol. The summed E-state index contributed by atoms with van der Waals surface area (Å²) < 4.78 is 0. The third kappa shape index (κ3) is 1.98. The van der Waals surface area contributed by atoms with E-state index in [0.717, 1.165) is 16.8 Å². The van der Waals surface area contributed by atoms with E-state index in [1.165, 1.54) is 0 Å². The van der Waals surface area contributed by atoms with Crippen LogP contribution in [-0.2, 0) is 11.4 Å². The van der Waals surface area contributed by atoms with E-state index < -0.39 is 0 Å². The van der Waals surface area contributed by atoms with Gasteiger partial charge in [-0.3, -0.25) is 4.84 Å². The lowest BCUT2D eigenvalue weighted by atomic mass is 10.1. The van der Waals surface area contributed by atoms with Crippen LogP contribution in [0.1, 0.15) is 5.56 Å². The molecule has 0 spiro atoms. The number of rotatable bonds is 3. The molecule has 0 atom stereocenters. The van der Waals surface area contributed by atoms with Gasteiger partial charge in [0, 0.05) is 11.8 Å². The normalized spacial score (nSPS) is 10.5. The van der Waals surface area contributed by atoms with E-state index in [4.69, 9.17) is 5.90 Å². The molecule has 0 aliphatic carbocycles. The van der Waals surface area contributed by atoms with E-state index in [-0.39, 0.29) is 5.69 Å². The maximum Gasteiger partial charge on any atom is 0.323 e. The highest BCUT2D eigenvalue weighted by Crippen LogP contribution is 2.20. The number of aromatic nitrogens is 2. The van der Waals surface area contributed by atoms with Crippen LogP contribution in [0.25, 0.3) is 11.3 Å². The van der Waals surface area contributed by atoms with Crippen molar-refractivity contribution >= 4 is 0 Å². The average molecular weight is 205 g/mol. The number of nitrogens with one attached hydrogen (secondary N) is 2. The molecule has 0 unspecified atom stereocenters. The van der Waals surface area contributed by atoms with Gasteiger partial charge in [-0.1, -0.05) is 24.3 Å². The van der Waals surface area contributed by atoms with E-state index >= 15 is 0 Å². The summed E-state index contributed by atoms with van der Waals surface area (Å²) in [6, 6.07) is 7.57. The van der Waals surface area contributed by atoms with Gasteiger partial charge in [0.05, 0.1) is 12.3 Å². The Hall–Kier alpha value is -1.85. The van der Waals surface area contributed by atoms with Crippen LogP contribution >= 0.6 is 0 Å². The Kier molecular flexibility index (Phi) is 2.66. The van der Waals surface area contributed by atoms with E-state index in [9.17, 15) is 4.79 Å². The first-order valence-corrected chi connectivity index (χ1v) is 4.49. The molecule has 4 N–H and O–H groups in total. The van der Waals surface area contributed by atoms with E-state index in [2.05, 4.69) is 14.8 Å². The second-order valence-corrected chi connectivity index (χ2v) is 3.12. The zero-order valence-electron chi connectivity index (χ0n) is 7.99. The zero-order valence-corrected chi connectivity index (χ0v) is 7.99. The van der Waals surface area contributed by atoms with Crippen LogP contribution in [0.2, 0.25) is 0 Å². The van der Waals surface area contributed by atoms with Crippen LogP contribution < -0.4 is 11.6 Å². The molecule has 1 heterocycles. The fraction of sp³-hybridized carbons (Fsp3) is 0.100. The Morgan fingerprint density at radius 1 is 1.33 bits per heavy atom. The molecule has 0 bridgehead atoms. The molecule has 78 valence electrons. The molecule has 5 nitrogen and oxygen atoms in total. The maximum atomic E-state index is 11.0. The van der Waals surface area contributed by atoms with Gasteiger partial charge in [-0.15, -0.1) is 0 Å². The van der Waals surface area contributed by atoms with Crippen molar-refractivity contribution < 1.29 is 4.84 Å². The lowest BCUT2D eigenvalue weighted by Crippen LogP contribution is -2.02. The molecule has 2 aromatic rings. The summed E-state index contributed by atoms with van der Waals surface area (Å²) in [5.41, 5.74) is 2.33. The Balaban J connectivity index is 2.47. The van der Waals surface area contributed by atoms with Crippen LogP contribution in [0.4, 0.5) is 0 Å². The molecule has 0 saturated heterocycles. The van der Waals surface area contributed by atoms with Crippen molar-refractivity contribution in [1.29, 1.82) is 0 Å². The van der Waals surface area contributed by atoms with Gasteiger partial charge in [0.1, 0.15) is 0 Å². The highest BCUT2D eigenvalue weighted by Gasteiger charge is 2.05. The molecule has 2 rings (SSSR count). The minimum absolute atomic E-state index is 0.228. The molecule has 0 aliphatic rings. The predicted octanol–water partition coefficient (Wildman–Crippen LogP) is 0.760. The molecular weight excluding hydrogens is 194 g/mol. The summed E-state index contributed by atoms with van der Waals surface area (Å²) in [6.45, 7) is 0.309. The Morgan fingerprint density at radius 2 is 2.13 bits per heavy atom.